The van der Waals surface area contributed by atoms with Gasteiger partial charge in [0.2, 0.25) is 0 Å². The molecule has 0 aromatic heterocycles. The van der Waals surface area contributed by atoms with E-state index < -0.39 is 0 Å². The lowest BCUT2D eigenvalue weighted by Gasteiger charge is -2.38. The Hall–Kier alpha value is -1.51. The Labute approximate surface area is 122 Å². The van der Waals surface area contributed by atoms with E-state index in [0.717, 1.165) is 24.0 Å². The Morgan fingerprint density at radius 3 is 2.45 bits per heavy atom. The topological polar surface area (TPSA) is 46.3 Å². The van der Waals surface area contributed by atoms with Gasteiger partial charge >= 0.3 is 0 Å². The number of hydrogen-bond donors (Lipinski definition) is 1. The van der Waals surface area contributed by atoms with E-state index in [-0.39, 0.29) is 5.91 Å². The number of nitrogens with two attached hydrogens (primary N) is 1. The fourth-order valence-corrected chi connectivity index (χ4v) is 3.05. The normalized spacial score (nSPS) is 18.8. The highest BCUT2D eigenvalue weighted by atomic mass is 16.2. The summed E-state index contributed by atoms with van der Waals surface area (Å²) in [4.78, 5) is 14.5. The first-order valence-corrected chi connectivity index (χ1v) is 7.43. The van der Waals surface area contributed by atoms with Crippen LogP contribution in [0.2, 0.25) is 0 Å². The number of hydrogen-bond acceptors (Lipinski definition) is 2. The standard InChI is InChI=1S/C17H26N2O/c1-12-11-13(18)5-6-15(12)16(20)19(4)14-7-9-17(2,3)10-8-14/h5-6,11,14H,7-10,18H2,1-4H3. The van der Waals surface area contributed by atoms with E-state index in [1.807, 2.05) is 31.0 Å². The molecule has 0 heterocycles. The molecule has 1 saturated carbocycles. The maximum atomic E-state index is 12.6. The van der Waals surface area contributed by atoms with Crippen molar-refractivity contribution in [3.63, 3.8) is 0 Å². The van der Waals surface area contributed by atoms with E-state index in [2.05, 4.69) is 13.8 Å². The highest BCUT2D eigenvalue weighted by Crippen LogP contribution is 2.37. The fourth-order valence-electron chi connectivity index (χ4n) is 3.05. The van der Waals surface area contributed by atoms with Crippen molar-refractivity contribution in [2.75, 3.05) is 12.8 Å². The van der Waals surface area contributed by atoms with Crippen LogP contribution >= 0.6 is 0 Å². The molecule has 0 bridgehead atoms. The molecular formula is C17H26N2O. The van der Waals surface area contributed by atoms with Crippen LogP contribution in [-0.4, -0.2) is 23.9 Å². The summed E-state index contributed by atoms with van der Waals surface area (Å²) in [5, 5.41) is 0. The van der Waals surface area contributed by atoms with Crippen molar-refractivity contribution >= 4 is 11.6 Å². The van der Waals surface area contributed by atoms with Crippen molar-refractivity contribution in [2.45, 2.75) is 52.5 Å². The molecule has 20 heavy (non-hydrogen) atoms. The maximum absolute atomic E-state index is 12.6. The lowest BCUT2D eigenvalue weighted by molar-refractivity contribution is 0.0634. The summed E-state index contributed by atoms with van der Waals surface area (Å²) in [6.45, 7) is 6.58. The molecule has 3 heteroatoms. The SMILES string of the molecule is Cc1cc(N)ccc1C(=O)N(C)C1CCC(C)(C)CC1. The minimum Gasteiger partial charge on any atom is -0.399 e. The molecule has 2 N–H and O–H groups in total. The second-order valence-electron chi connectivity index (χ2n) is 6.89. The van der Waals surface area contributed by atoms with E-state index in [0.29, 0.717) is 17.1 Å². The first kappa shape index (κ1) is 14.9. The largest absolute Gasteiger partial charge is 0.399 e. The number of anilines is 1. The zero-order valence-corrected chi connectivity index (χ0v) is 13.1. The number of carbonyl (C=O) groups excluding carboxylic acids is 1. The molecule has 0 unspecified atom stereocenters. The van der Waals surface area contributed by atoms with Crippen LogP contribution in [0.25, 0.3) is 0 Å². The Balaban J connectivity index is 2.09. The van der Waals surface area contributed by atoms with Crippen molar-refractivity contribution in [3.05, 3.63) is 29.3 Å². The monoisotopic (exact) mass is 274 g/mol. The van der Waals surface area contributed by atoms with Crippen LogP contribution in [0.1, 0.15) is 55.5 Å². The minimum absolute atomic E-state index is 0.118. The van der Waals surface area contributed by atoms with Crippen LogP contribution in [-0.2, 0) is 0 Å². The summed E-state index contributed by atoms with van der Waals surface area (Å²) in [7, 11) is 1.93. The van der Waals surface area contributed by atoms with Gasteiger partial charge in [-0.05, 0) is 61.8 Å². The summed E-state index contributed by atoms with van der Waals surface area (Å²) in [6.07, 6.45) is 4.58. The minimum atomic E-state index is 0.118. The average Bonchev–Trinajstić information content (AvgIpc) is 2.37. The molecule has 3 nitrogen and oxygen atoms in total. The number of nitrogens with zero attached hydrogens (tertiary/aromatic N) is 1. The van der Waals surface area contributed by atoms with Gasteiger partial charge in [0.05, 0.1) is 0 Å². The zero-order chi connectivity index (χ0) is 14.9. The number of benzene rings is 1. The summed E-state index contributed by atoms with van der Waals surface area (Å²) in [6, 6.07) is 5.88. The smallest absolute Gasteiger partial charge is 0.254 e. The molecule has 0 saturated heterocycles. The Kier molecular flexibility index (Phi) is 4.07. The molecule has 0 radical (unpaired) electrons. The lowest BCUT2D eigenvalue weighted by Crippen LogP contribution is -2.41. The maximum Gasteiger partial charge on any atom is 0.254 e. The highest BCUT2D eigenvalue weighted by Gasteiger charge is 2.31. The van der Waals surface area contributed by atoms with Crippen LogP contribution < -0.4 is 5.73 Å². The second kappa shape index (κ2) is 5.47. The fraction of sp³-hybridized carbons (Fsp3) is 0.588. The second-order valence-corrected chi connectivity index (χ2v) is 6.89. The molecule has 0 aliphatic heterocycles. The molecule has 2 rings (SSSR count). The van der Waals surface area contributed by atoms with Gasteiger partial charge in [-0.1, -0.05) is 13.8 Å². The van der Waals surface area contributed by atoms with Crippen molar-refractivity contribution in [2.24, 2.45) is 5.41 Å². The molecule has 1 aromatic rings. The quantitative estimate of drug-likeness (QED) is 0.837. The third-order valence-electron chi connectivity index (χ3n) is 4.66. The molecule has 0 atom stereocenters. The van der Waals surface area contributed by atoms with Crippen molar-refractivity contribution < 1.29 is 4.79 Å². The van der Waals surface area contributed by atoms with Gasteiger partial charge in [-0.15, -0.1) is 0 Å². The van der Waals surface area contributed by atoms with Gasteiger partial charge < -0.3 is 10.6 Å². The summed E-state index contributed by atoms with van der Waals surface area (Å²) in [5.74, 6) is 0.118. The van der Waals surface area contributed by atoms with Gasteiger partial charge in [-0.3, -0.25) is 4.79 Å². The van der Waals surface area contributed by atoms with Crippen LogP contribution in [0.3, 0.4) is 0 Å². The molecular weight excluding hydrogens is 248 g/mol. The van der Waals surface area contributed by atoms with Gasteiger partial charge in [-0.2, -0.15) is 0 Å². The summed E-state index contributed by atoms with van der Waals surface area (Å²) < 4.78 is 0. The van der Waals surface area contributed by atoms with Crippen molar-refractivity contribution in [1.82, 2.24) is 4.90 Å². The predicted octanol–water partition coefficient (Wildman–Crippen LogP) is 3.62. The van der Waals surface area contributed by atoms with E-state index in [9.17, 15) is 4.79 Å². The van der Waals surface area contributed by atoms with Crippen LogP contribution in [0, 0.1) is 12.3 Å². The number of carbonyl (C=O) groups is 1. The third-order valence-corrected chi connectivity index (χ3v) is 4.66. The highest BCUT2D eigenvalue weighted by molar-refractivity contribution is 5.96. The molecule has 0 spiro atoms. The molecule has 1 amide bonds. The number of nitrogen functional groups attached to an aromatic ring is 1. The molecule has 1 aliphatic carbocycles. The molecule has 1 aromatic carbocycles. The zero-order valence-electron chi connectivity index (χ0n) is 13.1. The first-order chi connectivity index (χ1) is 9.30. The van der Waals surface area contributed by atoms with E-state index in [1.165, 1.54) is 12.8 Å². The first-order valence-electron chi connectivity index (χ1n) is 7.43. The average molecular weight is 274 g/mol. The van der Waals surface area contributed by atoms with Crippen LogP contribution in [0.5, 0.6) is 0 Å². The number of rotatable bonds is 2. The lowest BCUT2D eigenvalue weighted by atomic mass is 9.75. The Morgan fingerprint density at radius 1 is 1.30 bits per heavy atom. The summed E-state index contributed by atoms with van der Waals surface area (Å²) >= 11 is 0. The molecule has 1 aliphatic rings. The van der Waals surface area contributed by atoms with Gasteiger partial charge in [-0.25, -0.2) is 0 Å². The Bertz CT molecular complexity index is 498. The summed E-state index contributed by atoms with van der Waals surface area (Å²) in [5.41, 5.74) is 8.62. The van der Waals surface area contributed by atoms with Gasteiger partial charge in [0.25, 0.3) is 5.91 Å². The van der Waals surface area contributed by atoms with E-state index in [4.69, 9.17) is 5.73 Å². The van der Waals surface area contributed by atoms with E-state index in [1.54, 1.807) is 6.07 Å². The van der Waals surface area contributed by atoms with Crippen molar-refractivity contribution in [1.29, 1.82) is 0 Å². The van der Waals surface area contributed by atoms with Crippen molar-refractivity contribution in [3.8, 4) is 0 Å². The van der Waals surface area contributed by atoms with Crippen LogP contribution in [0.4, 0.5) is 5.69 Å². The molecule has 1 fully saturated rings. The Morgan fingerprint density at radius 2 is 1.90 bits per heavy atom. The predicted molar refractivity (Wildman–Crippen MR) is 83.7 cm³/mol. The molecule has 110 valence electrons. The van der Waals surface area contributed by atoms with Gasteiger partial charge in [0, 0.05) is 24.3 Å². The van der Waals surface area contributed by atoms with Gasteiger partial charge in [0.1, 0.15) is 0 Å². The number of amides is 1. The van der Waals surface area contributed by atoms with Crippen LogP contribution in [0.15, 0.2) is 18.2 Å². The number of aryl methyl sites for hydroxylation is 1. The third kappa shape index (κ3) is 3.14. The van der Waals surface area contributed by atoms with E-state index >= 15 is 0 Å². The van der Waals surface area contributed by atoms with Gasteiger partial charge in [0.15, 0.2) is 0 Å².